The van der Waals surface area contributed by atoms with Crippen molar-refractivity contribution in [3.63, 3.8) is 0 Å². The van der Waals surface area contributed by atoms with E-state index in [2.05, 4.69) is 18.7 Å². The Labute approximate surface area is 130 Å². The van der Waals surface area contributed by atoms with E-state index in [9.17, 15) is 0 Å². The molecule has 20 heavy (non-hydrogen) atoms. The van der Waals surface area contributed by atoms with Crippen LogP contribution in [0, 0.1) is 0 Å². The second kappa shape index (κ2) is 7.51. The van der Waals surface area contributed by atoms with Crippen LogP contribution in [-0.2, 0) is 4.74 Å². The first kappa shape index (κ1) is 15.9. The van der Waals surface area contributed by atoms with Crippen molar-refractivity contribution >= 4 is 23.2 Å². The van der Waals surface area contributed by atoms with Crippen molar-refractivity contribution in [1.29, 1.82) is 0 Å². The molecule has 0 spiro atoms. The number of halogens is 2. The lowest BCUT2D eigenvalue weighted by Gasteiger charge is -2.35. The Kier molecular flexibility index (Phi) is 5.97. The fourth-order valence-corrected chi connectivity index (χ4v) is 2.86. The van der Waals surface area contributed by atoms with E-state index in [1.165, 1.54) is 0 Å². The van der Waals surface area contributed by atoms with Crippen LogP contribution in [0.1, 0.15) is 20.3 Å². The average molecular weight is 318 g/mol. The molecule has 112 valence electrons. The molecule has 0 saturated carbocycles. The van der Waals surface area contributed by atoms with Gasteiger partial charge in [0, 0.05) is 30.7 Å². The van der Waals surface area contributed by atoms with E-state index in [-0.39, 0.29) is 0 Å². The van der Waals surface area contributed by atoms with Gasteiger partial charge in [-0.2, -0.15) is 0 Å². The molecule has 2 rings (SSSR count). The van der Waals surface area contributed by atoms with Gasteiger partial charge in [-0.3, -0.25) is 4.90 Å². The van der Waals surface area contributed by atoms with E-state index in [4.69, 9.17) is 32.7 Å². The molecule has 0 aliphatic carbocycles. The molecule has 0 aromatic heterocycles. The van der Waals surface area contributed by atoms with Gasteiger partial charge in [0.1, 0.15) is 5.75 Å². The molecule has 5 heteroatoms. The molecular weight excluding hydrogens is 297 g/mol. The van der Waals surface area contributed by atoms with Gasteiger partial charge in [-0.25, -0.2) is 0 Å². The van der Waals surface area contributed by atoms with E-state index < -0.39 is 0 Å². The van der Waals surface area contributed by atoms with Crippen LogP contribution >= 0.6 is 23.2 Å². The van der Waals surface area contributed by atoms with E-state index >= 15 is 0 Å². The van der Waals surface area contributed by atoms with Crippen LogP contribution in [0.5, 0.6) is 5.75 Å². The zero-order valence-corrected chi connectivity index (χ0v) is 13.5. The highest BCUT2D eigenvalue weighted by molar-refractivity contribution is 6.34. The third-order valence-corrected chi connectivity index (χ3v) is 3.81. The van der Waals surface area contributed by atoms with E-state index in [1.54, 1.807) is 18.2 Å². The third kappa shape index (κ3) is 4.81. The Morgan fingerprint density at radius 1 is 1.25 bits per heavy atom. The zero-order valence-electron chi connectivity index (χ0n) is 11.9. The number of benzene rings is 1. The van der Waals surface area contributed by atoms with Crippen molar-refractivity contribution in [3.05, 3.63) is 28.2 Å². The van der Waals surface area contributed by atoms with Crippen LogP contribution in [0.2, 0.25) is 10.0 Å². The van der Waals surface area contributed by atoms with Crippen molar-refractivity contribution in [3.8, 4) is 5.75 Å². The molecule has 0 bridgehead atoms. The van der Waals surface area contributed by atoms with Crippen molar-refractivity contribution < 1.29 is 9.47 Å². The number of morpholine rings is 1. The molecule has 3 nitrogen and oxygen atoms in total. The van der Waals surface area contributed by atoms with Crippen LogP contribution in [0.4, 0.5) is 0 Å². The van der Waals surface area contributed by atoms with Crippen molar-refractivity contribution in [1.82, 2.24) is 4.90 Å². The van der Waals surface area contributed by atoms with E-state index in [1.807, 2.05) is 0 Å². The molecule has 0 N–H and O–H groups in total. The summed E-state index contributed by atoms with van der Waals surface area (Å²) in [5, 5.41) is 1.24. The van der Waals surface area contributed by atoms with Gasteiger partial charge in [0.25, 0.3) is 0 Å². The highest BCUT2D eigenvalue weighted by atomic mass is 35.5. The molecule has 2 atom stereocenters. The van der Waals surface area contributed by atoms with Crippen LogP contribution in [0.25, 0.3) is 0 Å². The minimum absolute atomic E-state index is 0.307. The van der Waals surface area contributed by atoms with Crippen LogP contribution in [0.3, 0.4) is 0 Å². The quantitative estimate of drug-likeness (QED) is 0.769. The molecule has 1 saturated heterocycles. The minimum Gasteiger partial charge on any atom is -0.492 e. The number of rotatable bonds is 5. The molecular formula is C15H21Cl2NO2. The Morgan fingerprint density at radius 2 is 1.95 bits per heavy atom. The van der Waals surface area contributed by atoms with Crippen LogP contribution < -0.4 is 4.74 Å². The minimum atomic E-state index is 0.307. The zero-order chi connectivity index (χ0) is 14.5. The number of hydrogen-bond donors (Lipinski definition) is 0. The lowest BCUT2D eigenvalue weighted by molar-refractivity contribution is -0.0686. The SMILES string of the molecule is C[C@@H]1CN(CCCOc2cc(Cl)ccc2Cl)C[C@H](C)O1. The third-order valence-electron chi connectivity index (χ3n) is 3.26. The lowest BCUT2D eigenvalue weighted by Crippen LogP contribution is -2.45. The van der Waals surface area contributed by atoms with Gasteiger partial charge in [0.05, 0.1) is 23.8 Å². The maximum Gasteiger partial charge on any atom is 0.139 e. The predicted molar refractivity (Wildman–Crippen MR) is 83.0 cm³/mol. The smallest absolute Gasteiger partial charge is 0.139 e. The summed E-state index contributed by atoms with van der Waals surface area (Å²) in [4.78, 5) is 2.42. The highest BCUT2D eigenvalue weighted by Gasteiger charge is 2.21. The fraction of sp³-hybridized carbons (Fsp3) is 0.600. The first-order valence-electron chi connectivity index (χ1n) is 7.00. The summed E-state index contributed by atoms with van der Waals surface area (Å²) in [6, 6.07) is 5.26. The summed E-state index contributed by atoms with van der Waals surface area (Å²) >= 11 is 12.0. The first-order valence-corrected chi connectivity index (χ1v) is 7.76. The topological polar surface area (TPSA) is 21.7 Å². The van der Waals surface area contributed by atoms with Crippen molar-refractivity contribution in [2.45, 2.75) is 32.5 Å². The van der Waals surface area contributed by atoms with Crippen molar-refractivity contribution in [2.24, 2.45) is 0 Å². The number of hydrogen-bond acceptors (Lipinski definition) is 3. The van der Waals surface area contributed by atoms with Gasteiger partial charge in [-0.05, 0) is 32.4 Å². The summed E-state index contributed by atoms with van der Waals surface area (Å²) < 4.78 is 11.4. The molecule has 1 heterocycles. The molecule has 1 aliphatic heterocycles. The van der Waals surface area contributed by atoms with E-state index in [0.717, 1.165) is 26.1 Å². The van der Waals surface area contributed by atoms with Gasteiger partial charge in [0.2, 0.25) is 0 Å². The van der Waals surface area contributed by atoms with Crippen LogP contribution in [-0.4, -0.2) is 43.3 Å². The summed E-state index contributed by atoms with van der Waals surface area (Å²) in [6.45, 7) is 7.86. The molecule has 0 radical (unpaired) electrons. The molecule has 1 fully saturated rings. The summed E-state index contributed by atoms with van der Waals surface area (Å²) in [5.41, 5.74) is 0. The normalized spacial score (nSPS) is 23.8. The predicted octanol–water partition coefficient (Wildman–Crippen LogP) is 3.87. The lowest BCUT2D eigenvalue weighted by atomic mass is 10.2. The molecule has 0 amide bonds. The Morgan fingerprint density at radius 3 is 2.65 bits per heavy atom. The number of nitrogens with zero attached hydrogens (tertiary/aromatic N) is 1. The van der Waals surface area contributed by atoms with Gasteiger partial charge < -0.3 is 9.47 Å². The second-order valence-electron chi connectivity index (χ2n) is 5.29. The van der Waals surface area contributed by atoms with Crippen LogP contribution in [0.15, 0.2) is 18.2 Å². The fourth-order valence-electron chi connectivity index (χ4n) is 2.53. The summed E-state index contributed by atoms with van der Waals surface area (Å²) in [5.74, 6) is 0.655. The summed E-state index contributed by atoms with van der Waals surface area (Å²) in [6.07, 6.45) is 1.58. The average Bonchev–Trinajstić information content (AvgIpc) is 2.37. The number of ether oxygens (including phenoxy) is 2. The monoisotopic (exact) mass is 317 g/mol. The Hall–Kier alpha value is -0.480. The van der Waals surface area contributed by atoms with Crippen molar-refractivity contribution in [2.75, 3.05) is 26.2 Å². The molecule has 0 unspecified atom stereocenters. The second-order valence-corrected chi connectivity index (χ2v) is 6.14. The standard InChI is InChI=1S/C15H21Cl2NO2/c1-11-9-18(10-12(2)20-11)6-3-7-19-15-8-13(16)4-5-14(15)17/h4-5,8,11-12H,3,6-7,9-10H2,1-2H3/t11-,12+. The van der Waals surface area contributed by atoms with Gasteiger partial charge >= 0.3 is 0 Å². The largest absolute Gasteiger partial charge is 0.492 e. The molecule has 1 aromatic carbocycles. The van der Waals surface area contributed by atoms with Gasteiger partial charge in [-0.15, -0.1) is 0 Å². The first-order chi connectivity index (χ1) is 9.54. The Bertz CT molecular complexity index is 432. The molecule has 1 aliphatic rings. The van der Waals surface area contributed by atoms with E-state index in [0.29, 0.717) is 34.6 Å². The van der Waals surface area contributed by atoms with Gasteiger partial charge in [-0.1, -0.05) is 23.2 Å². The summed E-state index contributed by atoms with van der Waals surface area (Å²) in [7, 11) is 0. The maximum atomic E-state index is 6.05. The molecule has 1 aromatic rings. The maximum absolute atomic E-state index is 6.05. The Balaban J connectivity index is 1.72. The van der Waals surface area contributed by atoms with Gasteiger partial charge in [0.15, 0.2) is 0 Å². The highest BCUT2D eigenvalue weighted by Crippen LogP contribution is 2.27.